The van der Waals surface area contributed by atoms with E-state index in [4.69, 9.17) is 19.9 Å². The predicted octanol–water partition coefficient (Wildman–Crippen LogP) is 2.86. The zero-order valence-corrected chi connectivity index (χ0v) is 15.1. The van der Waals surface area contributed by atoms with Crippen molar-refractivity contribution in [2.24, 2.45) is 17.6 Å². The fourth-order valence-electron chi connectivity index (χ4n) is 3.86. The van der Waals surface area contributed by atoms with Crippen molar-refractivity contribution in [3.63, 3.8) is 0 Å². The molecule has 1 aromatic carbocycles. The molecule has 0 aliphatic heterocycles. The second-order valence-corrected chi connectivity index (χ2v) is 6.30. The standard InChI is InChI=1S/C19H29NO4/c1-5-14-17(23-3)9-8-16(18(14)21)19(24-4)15-7-6-13(22-2)10-12(15)11-20/h6-7,10,14,16-17,19H,5,8-9,11,20H2,1-4H3. The summed E-state index contributed by atoms with van der Waals surface area (Å²) in [7, 11) is 4.97. The van der Waals surface area contributed by atoms with Gasteiger partial charge in [-0.3, -0.25) is 4.79 Å². The fraction of sp³-hybridized carbons (Fsp3) is 0.632. The molecule has 0 spiro atoms. The van der Waals surface area contributed by atoms with Gasteiger partial charge in [0.15, 0.2) is 0 Å². The SMILES string of the molecule is CCC1C(=O)C(C(OC)c2ccc(OC)cc2CN)CCC1OC. The van der Waals surface area contributed by atoms with Crippen molar-refractivity contribution in [2.75, 3.05) is 21.3 Å². The monoisotopic (exact) mass is 335 g/mol. The van der Waals surface area contributed by atoms with Crippen LogP contribution in [0.4, 0.5) is 0 Å². The van der Waals surface area contributed by atoms with E-state index in [-0.39, 0.29) is 29.8 Å². The lowest BCUT2D eigenvalue weighted by molar-refractivity contribution is -0.142. The third-order valence-corrected chi connectivity index (χ3v) is 5.18. The van der Waals surface area contributed by atoms with Gasteiger partial charge in [0.1, 0.15) is 11.5 Å². The molecule has 0 aromatic heterocycles. The molecule has 0 bridgehead atoms. The number of methoxy groups -OCH3 is 3. The zero-order valence-electron chi connectivity index (χ0n) is 15.1. The first-order valence-electron chi connectivity index (χ1n) is 8.57. The summed E-state index contributed by atoms with van der Waals surface area (Å²) in [6, 6.07) is 5.78. The van der Waals surface area contributed by atoms with E-state index in [2.05, 4.69) is 0 Å². The number of hydrogen-bond acceptors (Lipinski definition) is 5. The van der Waals surface area contributed by atoms with E-state index in [0.29, 0.717) is 6.54 Å². The van der Waals surface area contributed by atoms with Gasteiger partial charge in [-0.2, -0.15) is 0 Å². The minimum Gasteiger partial charge on any atom is -0.497 e. The first kappa shape index (κ1) is 18.9. The molecule has 4 unspecified atom stereocenters. The molecule has 2 N–H and O–H groups in total. The Morgan fingerprint density at radius 3 is 2.54 bits per heavy atom. The number of benzene rings is 1. The normalized spacial score (nSPS) is 25.5. The molecule has 1 aliphatic rings. The van der Waals surface area contributed by atoms with Crippen LogP contribution in [0.2, 0.25) is 0 Å². The first-order chi connectivity index (χ1) is 11.6. The molecule has 1 fully saturated rings. The van der Waals surface area contributed by atoms with E-state index in [9.17, 15) is 4.79 Å². The summed E-state index contributed by atoms with van der Waals surface area (Å²) in [5, 5.41) is 0. The van der Waals surface area contributed by atoms with Crippen molar-refractivity contribution in [2.45, 2.75) is 44.9 Å². The van der Waals surface area contributed by atoms with Crippen LogP contribution in [0.1, 0.15) is 43.4 Å². The summed E-state index contributed by atoms with van der Waals surface area (Å²) in [6.45, 7) is 2.42. The van der Waals surface area contributed by atoms with Crippen LogP contribution in [0.5, 0.6) is 5.75 Å². The van der Waals surface area contributed by atoms with Gasteiger partial charge in [0, 0.05) is 32.6 Å². The van der Waals surface area contributed by atoms with Crippen LogP contribution < -0.4 is 10.5 Å². The van der Waals surface area contributed by atoms with Crippen molar-refractivity contribution >= 4 is 5.78 Å². The second-order valence-electron chi connectivity index (χ2n) is 6.30. The number of carbonyl (C=O) groups excluding carboxylic acids is 1. The summed E-state index contributed by atoms with van der Waals surface area (Å²) in [6.07, 6.45) is 2.16. The minimum absolute atomic E-state index is 0.0149. The van der Waals surface area contributed by atoms with Crippen LogP contribution in [0.25, 0.3) is 0 Å². The third-order valence-electron chi connectivity index (χ3n) is 5.18. The van der Waals surface area contributed by atoms with Crippen molar-refractivity contribution < 1.29 is 19.0 Å². The highest BCUT2D eigenvalue weighted by molar-refractivity contribution is 5.85. The first-order valence-corrected chi connectivity index (χ1v) is 8.57. The fourth-order valence-corrected chi connectivity index (χ4v) is 3.86. The molecule has 0 radical (unpaired) electrons. The third kappa shape index (κ3) is 3.63. The maximum Gasteiger partial charge on any atom is 0.144 e. The summed E-state index contributed by atoms with van der Waals surface area (Å²) in [5.74, 6) is 0.771. The number of carbonyl (C=O) groups is 1. The topological polar surface area (TPSA) is 70.8 Å². The van der Waals surface area contributed by atoms with Crippen molar-refractivity contribution in [1.82, 2.24) is 0 Å². The number of ketones is 1. The number of rotatable bonds is 7. The van der Waals surface area contributed by atoms with Crippen molar-refractivity contribution in [3.8, 4) is 5.75 Å². The Bertz CT molecular complexity index is 560. The molecule has 5 heteroatoms. The summed E-state index contributed by atoms with van der Waals surface area (Å²) in [5.41, 5.74) is 7.84. The summed E-state index contributed by atoms with van der Waals surface area (Å²) >= 11 is 0. The molecule has 0 saturated heterocycles. The van der Waals surface area contributed by atoms with Crippen molar-refractivity contribution in [3.05, 3.63) is 29.3 Å². The van der Waals surface area contributed by atoms with E-state index in [1.54, 1.807) is 21.3 Å². The van der Waals surface area contributed by atoms with Gasteiger partial charge in [-0.15, -0.1) is 0 Å². The molecule has 0 amide bonds. The molecule has 1 aliphatic carbocycles. The average Bonchev–Trinajstić information content (AvgIpc) is 2.63. The van der Waals surface area contributed by atoms with Gasteiger partial charge in [0.05, 0.1) is 19.3 Å². The largest absolute Gasteiger partial charge is 0.497 e. The van der Waals surface area contributed by atoms with Gasteiger partial charge >= 0.3 is 0 Å². The Kier molecular flexibility index (Phi) is 6.78. The molecule has 2 rings (SSSR count). The molecule has 1 saturated carbocycles. The summed E-state index contributed by atoms with van der Waals surface area (Å²) < 4.78 is 16.6. The average molecular weight is 335 g/mol. The zero-order chi connectivity index (χ0) is 17.7. The lowest BCUT2D eigenvalue weighted by atomic mass is 9.73. The van der Waals surface area contributed by atoms with Crippen LogP contribution >= 0.6 is 0 Å². The highest BCUT2D eigenvalue weighted by Gasteiger charge is 2.41. The van der Waals surface area contributed by atoms with E-state index in [0.717, 1.165) is 36.1 Å². The lowest BCUT2D eigenvalue weighted by Gasteiger charge is -2.37. The molecule has 5 nitrogen and oxygen atoms in total. The molecule has 134 valence electrons. The maximum atomic E-state index is 13.0. The van der Waals surface area contributed by atoms with E-state index in [1.165, 1.54) is 0 Å². The smallest absolute Gasteiger partial charge is 0.144 e. The van der Waals surface area contributed by atoms with E-state index in [1.807, 2.05) is 25.1 Å². The Hall–Kier alpha value is -1.43. The van der Waals surface area contributed by atoms with Crippen LogP contribution in [-0.2, 0) is 20.8 Å². The van der Waals surface area contributed by atoms with Crippen LogP contribution in [0.3, 0.4) is 0 Å². The number of Topliss-reactive ketones (excluding diaryl/α,β-unsaturated/α-hetero) is 1. The van der Waals surface area contributed by atoms with Crippen LogP contribution in [0, 0.1) is 11.8 Å². The molecular weight excluding hydrogens is 306 g/mol. The number of nitrogens with two attached hydrogens (primary N) is 1. The van der Waals surface area contributed by atoms with Gasteiger partial charge in [-0.25, -0.2) is 0 Å². The van der Waals surface area contributed by atoms with Crippen LogP contribution in [-0.4, -0.2) is 33.2 Å². The van der Waals surface area contributed by atoms with Gasteiger partial charge in [-0.1, -0.05) is 13.0 Å². The van der Waals surface area contributed by atoms with Gasteiger partial charge in [-0.05, 0) is 42.5 Å². The maximum absolute atomic E-state index is 13.0. The van der Waals surface area contributed by atoms with Gasteiger partial charge in [0.25, 0.3) is 0 Å². The molecular formula is C19H29NO4. The Balaban J connectivity index is 2.33. The predicted molar refractivity (Wildman–Crippen MR) is 92.9 cm³/mol. The highest BCUT2D eigenvalue weighted by Crippen LogP contribution is 2.40. The van der Waals surface area contributed by atoms with E-state index >= 15 is 0 Å². The Morgan fingerprint density at radius 2 is 2.00 bits per heavy atom. The Morgan fingerprint density at radius 1 is 1.25 bits per heavy atom. The molecule has 0 heterocycles. The number of hydrogen-bond donors (Lipinski definition) is 1. The second kappa shape index (κ2) is 8.60. The minimum atomic E-state index is -0.284. The summed E-state index contributed by atoms with van der Waals surface area (Å²) in [4.78, 5) is 13.0. The molecule has 24 heavy (non-hydrogen) atoms. The molecule has 4 atom stereocenters. The van der Waals surface area contributed by atoms with Gasteiger partial charge < -0.3 is 19.9 Å². The van der Waals surface area contributed by atoms with Crippen molar-refractivity contribution in [1.29, 1.82) is 0 Å². The van der Waals surface area contributed by atoms with Crippen LogP contribution in [0.15, 0.2) is 18.2 Å². The molecule has 1 aromatic rings. The lowest BCUT2D eigenvalue weighted by Crippen LogP contribution is -2.42. The number of ether oxygens (including phenoxy) is 3. The van der Waals surface area contributed by atoms with E-state index < -0.39 is 0 Å². The highest BCUT2D eigenvalue weighted by atomic mass is 16.5. The Labute approximate surface area is 144 Å². The van der Waals surface area contributed by atoms with Gasteiger partial charge in [0.2, 0.25) is 0 Å². The quantitative estimate of drug-likeness (QED) is 0.829.